The van der Waals surface area contributed by atoms with Crippen LogP contribution in [0.3, 0.4) is 0 Å². The van der Waals surface area contributed by atoms with E-state index < -0.39 is 78.1 Å². The molecule has 1 aromatic heterocycles. The van der Waals surface area contributed by atoms with Gasteiger partial charge in [-0.1, -0.05) is 60.7 Å². The van der Waals surface area contributed by atoms with Crippen LogP contribution >= 0.6 is 25.3 Å². The number of benzene rings is 3. The molecule has 13 N–H and O–H groups in total. The number of carbonyl (C=O) groups is 7. The molecule has 0 fully saturated rings. The highest BCUT2D eigenvalue weighted by Crippen LogP contribution is 2.21. The Kier molecular flexibility index (Phi) is 17.6. The second kappa shape index (κ2) is 22.8. The number of rotatable bonds is 22. The van der Waals surface area contributed by atoms with E-state index in [4.69, 9.17) is 17.2 Å². The lowest BCUT2D eigenvalue weighted by atomic mass is 9.97. The zero-order chi connectivity index (χ0) is 43.8. The van der Waals surface area contributed by atoms with Crippen molar-refractivity contribution in [1.29, 1.82) is 0 Å². The van der Waals surface area contributed by atoms with E-state index in [9.17, 15) is 33.6 Å². The third kappa shape index (κ3) is 13.7. The number of hydrogen-bond donors (Lipinski definition) is 12. The van der Waals surface area contributed by atoms with Gasteiger partial charge in [0.05, 0.1) is 6.54 Å². The number of nitrogens with one attached hydrogen (secondary N) is 7. The van der Waals surface area contributed by atoms with E-state index in [1.54, 1.807) is 12.3 Å². The van der Waals surface area contributed by atoms with Gasteiger partial charge in [-0.3, -0.25) is 38.6 Å². The lowest BCUT2D eigenvalue weighted by molar-refractivity contribution is -0.134. The maximum Gasteiger partial charge on any atom is 0.243 e. The molecule has 7 amide bonds. The van der Waals surface area contributed by atoms with Crippen molar-refractivity contribution in [2.45, 2.75) is 62.8 Å². The van der Waals surface area contributed by atoms with Crippen LogP contribution in [0.5, 0.6) is 0 Å². The number of H-pyrrole nitrogens is 1. The molecule has 320 valence electrons. The number of fused-ring (bicyclic) bond motifs is 2. The molecule has 0 bridgehead atoms. The Morgan fingerprint density at radius 3 is 1.90 bits per heavy atom. The van der Waals surface area contributed by atoms with Gasteiger partial charge in [0.2, 0.25) is 41.4 Å². The highest BCUT2D eigenvalue weighted by Gasteiger charge is 2.32. The molecule has 0 aliphatic carbocycles. The number of para-hydroxylation sites is 1. The molecular weight excluding hydrogens is 811 g/mol. The molecule has 0 saturated carbocycles. The minimum absolute atomic E-state index is 0.00438. The molecule has 0 unspecified atom stereocenters. The fourth-order valence-corrected chi connectivity index (χ4v) is 6.93. The summed E-state index contributed by atoms with van der Waals surface area (Å²) >= 11 is 8.23. The predicted octanol–water partition coefficient (Wildman–Crippen LogP) is -0.935. The summed E-state index contributed by atoms with van der Waals surface area (Å²) in [5, 5.41) is 18.1. The third-order valence-corrected chi connectivity index (χ3v) is 10.1. The zero-order valence-electron chi connectivity index (χ0n) is 32.9. The van der Waals surface area contributed by atoms with E-state index in [1.165, 1.54) is 6.92 Å². The number of thiol groups is 2. The van der Waals surface area contributed by atoms with Gasteiger partial charge in [-0.15, -0.1) is 0 Å². The fourth-order valence-electron chi connectivity index (χ4n) is 6.40. The summed E-state index contributed by atoms with van der Waals surface area (Å²) in [5.41, 5.74) is 18.7. The monoisotopic (exact) mass is 861 g/mol. The van der Waals surface area contributed by atoms with Gasteiger partial charge >= 0.3 is 0 Å². The highest BCUT2D eigenvalue weighted by molar-refractivity contribution is 7.80. The van der Waals surface area contributed by atoms with Crippen LogP contribution in [0, 0.1) is 0 Å². The molecule has 5 atom stereocenters. The van der Waals surface area contributed by atoms with Crippen molar-refractivity contribution in [1.82, 2.24) is 36.9 Å². The van der Waals surface area contributed by atoms with Crippen LogP contribution < -0.4 is 49.1 Å². The normalized spacial score (nSPS) is 13.4. The Bertz CT molecular complexity index is 2210. The first-order valence-corrected chi connectivity index (χ1v) is 20.3. The molecule has 4 aromatic rings. The number of hydrogen-bond acceptors (Lipinski definition) is 10. The molecule has 20 heteroatoms. The second-order valence-electron chi connectivity index (χ2n) is 13.9. The first kappa shape index (κ1) is 46.4. The van der Waals surface area contributed by atoms with Crippen molar-refractivity contribution in [3.63, 3.8) is 0 Å². The number of primary amides is 1. The first-order chi connectivity index (χ1) is 28.7. The number of nitrogens with zero attached hydrogens (tertiary/aromatic N) is 1. The number of guanidine groups is 1. The summed E-state index contributed by atoms with van der Waals surface area (Å²) < 4.78 is 0. The molecule has 0 aliphatic rings. The average molecular weight is 862 g/mol. The van der Waals surface area contributed by atoms with E-state index in [-0.39, 0.29) is 49.7 Å². The Balaban J connectivity index is 1.63. The van der Waals surface area contributed by atoms with Crippen molar-refractivity contribution < 1.29 is 33.6 Å². The average Bonchev–Trinajstić information content (AvgIpc) is 3.63. The summed E-state index contributed by atoms with van der Waals surface area (Å²) in [6.07, 6.45) is 1.87. The quantitative estimate of drug-likeness (QED) is 0.0201. The minimum atomic E-state index is -1.29. The number of aromatic amines is 1. The van der Waals surface area contributed by atoms with Crippen LogP contribution in [0.1, 0.15) is 30.9 Å². The van der Waals surface area contributed by atoms with Crippen LogP contribution in [-0.2, 0) is 46.4 Å². The SMILES string of the molecule is CC(=O)N[C@@H](CS)C(=O)NCC(=O)N[C@@H](Cc1cccc2ccccc12)C(=O)N[C@@H](CCCN=C(N)N)C(=O)N[C@@H](Cc1c[nH]c2ccccc12)C(=O)N[C@@H](CS)C(N)=O. The Morgan fingerprint density at radius 1 is 0.650 bits per heavy atom. The number of aliphatic imine (C=N–C) groups is 1. The second-order valence-corrected chi connectivity index (χ2v) is 14.6. The van der Waals surface area contributed by atoms with Gasteiger partial charge in [-0.25, -0.2) is 0 Å². The number of amides is 7. The molecule has 18 nitrogen and oxygen atoms in total. The van der Waals surface area contributed by atoms with Crippen molar-refractivity contribution >= 4 is 94.2 Å². The topological polar surface area (TPSA) is 298 Å². The Hall–Kier alpha value is -6.28. The van der Waals surface area contributed by atoms with Gasteiger partial charge < -0.3 is 54.1 Å². The number of carbonyl (C=O) groups excluding carboxylic acids is 7. The van der Waals surface area contributed by atoms with Gasteiger partial charge in [0.1, 0.15) is 30.2 Å². The molecule has 3 aromatic carbocycles. The van der Waals surface area contributed by atoms with Crippen molar-refractivity contribution in [2.24, 2.45) is 22.2 Å². The molecule has 0 radical (unpaired) electrons. The fraction of sp³-hybridized carbons (Fsp3) is 0.350. The van der Waals surface area contributed by atoms with Crippen molar-refractivity contribution in [2.75, 3.05) is 24.6 Å². The molecule has 0 aliphatic heterocycles. The summed E-state index contributed by atoms with van der Waals surface area (Å²) in [5.74, 6) is -5.22. The van der Waals surface area contributed by atoms with Gasteiger partial charge in [0.25, 0.3) is 0 Å². The molecule has 0 saturated heterocycles. The third-order valence-electron chi connectivity index (χ3n) is 9.41. The van der Waals surface area contributed by atoms with Gasteiger partial charge in [0, 0.05) is 54.9 Å². The van der Waals surface area contributed by atoms with Gasteiger partial charge in [0.15, 0.2) is 5.96 Å². The lowest BCUT2D eigenvalue weighted by Crippen LogP contribution is -2.59. The maximum atomic E-state index is 14.3. The van der Waals surface area contributed by atoms with Gasteiger partial charge in [-0.2, -0.15) is 25.3 Å². The van der Waals surface area contributed by atoms with Crippen LogP contribution in [0.4, 0.5) is 0 Å². The van der Waals surface area contributed by atoms with Crippen LogP contribution in [0.25, 0.3) is 21.7 Å². The summed E-state index contributed by atoms with van der Waals surface area (Å²) in [6, 6.07) is 14.4. The molecule has 60 heavy (non-hydrogen) atoms. The molecule has 0 spiro atoms. The number of nitrogens with two attached hydrogens (primary N) is 3. The predicted molar refractivity (Wildman–Crippen MR) is 235 cm³/mol. The van der Waals surface area contributed by atoms with E-state index in [0.29, 0.717) is 11.1 Å². The summed E-state index contributed by atoms with van der Waals surface area (Å²) in [7, 11) is 0. The van der Waals surface area contributed by atoms with Crippen LogP contribution in [0.2, 0.25) is 0 Å². The standard InChI is InChI=1S/C40H51N11O7S2/c1-22(52)47-33(21-60)36(55)46-19-34(53)48-30(16-24-10-6-9-23-8-2-3-11-26(23)24)38(57)49-29(14-7-15-44-40(42)43)37(56)50-31(39(58)51-32(20-59)35(41)54)17-25-18-45-28-13-5-4-12-27(25)28/h2-6,8-13,18,29-33,45,59-60H,7,14-17,19-21H2,1H3,(H2,41,54)(H,46,55)(H,47,52)(H,48,53)(H,49,57)(H,50,56)(H,51,58)(H4,42,43,44)/t29-,30-,31-,32-,33-/m0/s1. The van der Waals surface area contributed by atoms with E-state index in [0.717, 1.165) is 21.7 Å². The van der Waals surface area contributed by atoms with Gasteiger partial charge in [-0.05, 0) is 40.8 Å². The zero-order valence-corrected chi connectivity index (χ0v) is 34.7. The van der Waals surface area contributed by atoms with Crippen molar-refractivity contribution in [3.8, 4) is 0 Å². The summed E-state index contributed by atoms with van der Waals surface area (Å²) in [4.78, 5) is 99.1. The van der Waals surface area contributed by atoms with E-state index in [2.05, 4.69) is 67.1 Å². The Labute approximate surface area is 357 Å². The van der Waals surface area contributed by atoms with Crippen LogP contribution in [0.15, 0.2) is 77.9 Å². The minimum Gasteiger partial charge on any atom is -0.370 e. The first-order valence-electron chi connectivity index (χ1n) is 19.0. The van der Waals surface area contributed by atoms with Crippen molar-refractivity contribution in [3.05, 3.63) is 84.1 Å². The maximum absolute atomic E-state index is 14.3. The Morgan fingerprint density at radius 2 is 1.23 bits per heavy atom. The summed E-state index contributed by atoms with van der Waals surface area (Å²) in [6.45, 7) is 0.793. The van der Waals surface area contributed by atoms with Crippen LogP contribution in [-0.4, -0.2) is 107 Å². The lowest BCUT2D eigenvalue weighted by Gasteiger charge is -2.26. The largest absolute Gasteiger partial charge is 0.370 e. The number of aromatic nitrogens is 1. The molecular formula is C40H51N11O7S2. The highest BCUT2D eigenvalue weighted by atomic mass is 32.1. The molecule has 4 rings (SSSR count). The van der Waals surface area contributed by atoms with E-state index >= 15 is 0 Å². The van der Waals surface area contributed by atoms with E-state index in [1.807, 2.05) is 60.7 Å². The smallest absolute Gasteiger partial charge is 0.243 e. The molecule has 1 heterocycles.